The van der Waals surface area contributed by atoms with Crippen molar-refractivity contribution in [2.75, 3.05) is 13.7 Å². The molecule has 1 amide bonds. The molecule has 5 heteroatoms. The molecule has 0 aliphatic carbocycles. The van der Waals surface area contributed by atoms with Crippen LogP contribution >= 0.6 is 0 Å². The van der Waals surface area contributed by atoms with E-state index in [9.17, 15) is 9.59 Å². The molecular weight excluding hydrogens is 256 g/mol. The standard InChI is InChI=1S/C15H22N2O3/c1-15(2,3)14(19)17(10-7-13(18)20-4)11-12-5-8-16-9-6-12/h5-6,8-9H,7,10-11H2,1-4H3. The number of rotatable bonds is 5. The summed E-state index contributed by atoms with van der Waals surface area (Å²) in [5.41, 5.74) is 0.505. The molecule has 0 atom stereocenters. The second-order valence-corrected chi connectivity index (χ2v) is 5.66. The molecule has 0 aliphatic rings. The summed E-state index contributed by atoms with van der Waals surface area (Å²) < 4.78 is 4.63. The Hall–Kier alpha value is -1.91. The Kier molecular flexibility index (Phi) is 5.67. The summed E-state index contributed by atoms with van der Waals surface area (Å²) in [7, 11) is 1.35. The molecule has 0 spiro atoms. The number of aromatic nitrogens is 1. The van der Waals surface area contributed by atoms with Gasteiger partial charge in [0, 0.05) is 30.9 Å². The van der Waals surface area contributed by atoms with Crippen LogP contribution in [0.2, 0.25) is 0 Å². The van der Waals surface area contributed by atoms with E-state index in [-0.39, 0.29) is 18.3 Å². The first kappa shape index (κ1) is 16.1. The molecule has 0 saturated carbocycles. The second-order valence-electron chi connectivity index (χ2n) is 5.66. The van der Waals surface area contributed by atoms with Crippen molar-refractivity contribution in [1.29, 1.82) is 0 Å². The molecule has 0 bridgehead atoms. The van der Waals surface area contributed by atoms with Gasteiger partial charge in [-0.15, -0.1) is 0 Å². The van der Waals surface area contributed by atoms with Crippen LogP contribution in [0.4, 0.5) is 0 Å². The minimum Gasteiger partial charge on any atom is -0.469 e. The quantitative estimate of drug-likeness (QED) is 0.773. The van der Waals surface area contributed by atoms with Crippen LogP contribution in [0.5, 0.6) is 0 Å². The Balaban J connectivity index is 2.79. The molecule has 0 aromatic carbocycles. The highest BCUT2D eigenvalue weighted by atomic mass is 16.5. The van der Waals surface area contributed by atoms with Gasteiger partial charge in [-0.2, -0.15) is 0 Å². The van der Waals surface area contributed by atoms with Gasteiger partial charge in [-0.3, -0.25) is 14.6 Å². The Morgan fingerprint density at radius 1 is 1.25 bits per heavy atom. The van der Waals surface area contributed by atoms with Gasteiger partial charge >= 0.3 is 5.97 Å². The van der Waals surface area contributed by atoms with Crippen molar-refractivity contribution < 1.29 is 14.3 Å². The molecule has 1 heterocycles. The molecule has 1 rings (SSSR count). The first-order valence-corrected chi connectivity index (χ1v) is 6.59. The molecule has 20 heavy (non-hydrogen) atoms. The van der Waals surface area contributed by atoms with E-state index in [1.807, 2.05) is 32.9 Å². The van der Waals surface area contributed by atoms with E-state index in [1.165, 1.54) is 7.11 Å². The van der Waals surface area contributed by atoms with Gasteiger partial charge in [0.25, 0.3) is 0 Å². The van der Waals surface area contributed by atoms with Crippen LogP contribution in [0.25, 0.3) is 0 Å². The molecule has 1 aromatic rings. The highest BCUT2D eigenvalue weighted by Crippen LogP contribution is 2.19. The Bertz CT molecular complexity index is 452. The molecular formula is C15H22N2O3. The number of carbonyl (C=O) groups is 2. The zero-order valence-electron chi connectivity index (χ0n) is 12.5. The fraction of sp³-hybridized carbons (Fsp3) is 0.533. The van der Waals surface area contributed by atoms with Crippen LogP contribution in [0.1, 0.15) is 32.8 Å². The van der Waals surface area contributed by atoms with Crippen molar-refractivity contribution in [2.45, 2.75) is 33.7 Å². The van der Waals surface area contributed by atoms with Gasteiger partial charge in [-0.25, -0.2) is 0 Å². The van der Waals surface area contributed by atoms with E-state index in [4.69, 9.17) is 0 Å². The summed E-state index contributed by atoms with van der Waals surface area (Å²) >= 11 is 0. The van der Waals surface area contributed by atoms with Crippen LogP contribution < -0.4 is 0 Å². The lowest BCUT2D eigenvalue weighted by atomic mass is 9.94. The zero-order valence-corrected chi connectivity index (χ0v) is 12.5. The molecule has 5 nitrogen and oxygen atoms in total. The van der Waals surface area contributed by atoms with Gasteiger partial charge in [-0.1, -0.05) is 20.8 Å². The summed E-state index contributed by atoms with van der Waals surface area (Å²) in [6, 6.07) is 3.72. The number of methoxy groups -OCH3 is 1. The van der Waals surface area contributed by atoms with Crippen LogP contribution in [0.15, 0.2) is 24.5 Å². The van der Waals surface area contributed by atoms with Crippen LogP contribution in [0, 0.1) is 5.41 Å². The fourth-order valence-corrected chi connectivity index (χ4v) is 1.76. The number of hydrogen-bond acceptors (Lipinski definition) is 4. The van der Waals surface area contributed by atoms with Crippen molar-refractivity contribution in [3.63, 3.8) is 0 Å². The van der Waals surface area contributed by atoms with Crippen LogP contribution in [0.3, 0.4) is 0 Å². The smallest absolute Gasteiger partial charge is 0.307 e. The van der Waals surface area contributed by atoms with E-state index in [0.29, 0.717) is 13.1 Å². The molecule has 0 saturated heterocycles. The fourth-order valence-electron chi connectivity index (χ4n) is 1.76. The highest BCUT2D eigenvalue weighted by Gasteiger charge is 2.27. The maximum Gasteiger partial charge on any atom is 0.307 e. The third kappa shape index (κ3) is 4.99. The van der Waals surface area contributed by atoms with E-state index in [1.54, 1.807) is 17.3 Å². The maximum absolute atomic E-state index is 12.4. The molecule has 0 unspecified atom stereocenters. The van der Waals surface area contributed by atoms with E-state index in [2.05, 4.69) is 9.72 Å². The molecule has 0 fully saturated rings. The van der Waals surface area contributed by atoms with Crippen LogP contribution in [-0.4, -0.2) is 35.4 Å². The number of carbonyl (C=O) groups excluding carboxylic acids is 2. The molecule has 0 N–H and O–H groups in total. The highest BCUT2D eigenvalue weighted by molar-refractivity contribution is 5.82. The normalized spacial score (nSPS) is 11.0. The van der Waals surface area contributed by atoms with Gasteiger partial charge in [0.05, 0.1) is 13.5 Å². The van der Waals surface area contributed by atoms with Gasteiger partial charge in [0.1, 0.15) is 0 Å². The van der Waals surface area contributed by atoms with Gasteiger partial charge < -0.3 is 9.64 Å². The van der Waals surface area contributed by atoms with E-state index < -0.39 is 5.41 Å². The molecule has 0 aliphatic heterocycles. The number of nitrogens with zero attached hydrogens (tertiary/aromatic N) is 2. The largest absolute Gasteiger partial charge is 0.469 e. The second kappa shape index (κ2) is 7.03. The van der Waals surface area contributed by atoms with Gasteiger partial charge in [-0.05, 0) is 17.7 Å². The lowest BCUT2D eigenvalue weighted by molar-refractivity contribution is -0.144. The first-order valence-electron chi connectivity index (χ1n) is 6.59. The third-order valence-electron chi connectivity index (χ3n) is 2.87. The summed E-state index contributed by atoms with van der Waals surface area (Å²) in [5.74, 6) is -0.301. The molecule has 110 valence electrons. The lowest BCUT2D eigenvalue weighted by Crippen LogP contribution is -2.40. The Morgan fingerprint density at radius 3 is 2.35 bits per heavy atom. The minimum atomic E-state index is -0.483. The van der Waals surface area contributed by atoms with E-state index >= 15 is 0 Å². The van der Waals surface area contributed by atoms with Crippen molar-refractivity contribution in [2.24, 2.45) is 5.41 Å². The van der Waals surface area contributed by atoms with Gasteiger partial charge in [0.15, 0.2) is 0 Å². The number of pyridine rings is 1. The van der Waals surface area contributed by atoms with Crippen molar-refractivity contribution in [1.82, 2.24) is 9.88 Å². The predicted molar refractivity (Wildman–Crippen MR) is 75.7 cm³/mol. The average molecular weight is 278 g/mol. The summed E-state index contributed by atoms with van der Waals surface area (Å²) in [6.45, 7) is 6.42. The first-order chi connectivity index (χ1) is 9.34. The Labute approximate surface area is 119 Å². The zero-order chi connectivity index (χ0) is 15.2. The summed E-state index contributed by atoms with van der Waals surface area (Å²) in [4.78, 5) is 29.3. The van der Waals surface area contributed by atoms with Crippen molar-refractivity contribution in [3.8, 4) is 0 Å². The SMILES string of the molecule is COC(=O)CCN(Cc1ccncc1)C(=O)C(C)(C)C. The lowest BCUT2D eigenvalue weighted by Gasteiger charge is -2.29. The summed E-state index contributed by atoms with van der Waals surface area (Å²) in [5, 5.41) is 0. The number of amides is 1. The minimum absolute atomic E-state index is 0.0122. The third-order valence-corrected chi connectivity index (χ3v) is 2.87. The Morgan fingerprint density at radius 2 is 1.85 bits per heavy atom. The number of ether oxygens (including phenoxy) is 1. The van der Waals surface area contributed by atoms with Crippen LogP contribution in [-0.2, 0) is 20.9 Å². The monoisotopic (exact) mass is 278 g/mol. The topological polar surface area (TPSA) is 59.5 Å². The maximum atomic E-state index is 12.4. The molecule has 0 radical (unpaired) electrons. The molecule has 1 aromatic heterocycles. The predicted octanol–water partition coefficient (Wildman–Crippen LogP) is 2.02. The van der Waals surface area contributed by atoms with Gasteiger partial charge in [0.2, 0.25) is 5.91 Å². The summed E-state index contributed by atoms with van der Waals surface area (Å²) in [6.07, 6.45) is 3.58. The number of esters is 1. The van der Waals surface area contributed by atoms with E-state index in [0.717, 1.165) is 5.56 Å². The number of hydrogen-bond donors (Lipinski definition) is 0. The van der Waals surface area contributed by atoms with Crippen molar-refractivity contribution >= 4 is 11.9 Å². The average Bonchev–Trinajstić information content (AvgIpc) is 2.42. The van der Waals surface area contributed by atoms with Crippen molar-refractivity contribution in [3.05, 3.63) is 30.1 Å².